The fraction of sp³-hybridized carbons (Fsp3) is 0.174. The van der Waals surface area contributed by atoms with E-state index in [1.165, 1.54) is 18.3 Å². The Hall–Kier alpha value is -4.68. The minimum atomic E-state index is -4.73. The minimum Gasteiger partial charge on any atom is -0.457 e. The van der Waals surface area contributed by atoms with Gasteiger partial charge < -0.3 is 15.4 Å². The summed E-state index contributed by atoms with van der Waals surface area (Å²) in [4.78, 5) is 36.2. The number of hydrogen-bond donors (Lipinski definition) is 3. The quantitative estimate of drug-likeness (QED) is 0.233. The number of nitrogens with one attached hydrogen (secondary N) is 3. The summed E-state index contributed by atoms with van der Waals surface area (Å²) in [6.07, 6.45) is -2.22. The van der Waals surface area contributed by atoms with Crippen LogP contribution in [-0.2, 0) is 33.5 Å². The van der Waals surface area contributed by atoms with Crippen LogP contribution in [0.2, 0.25) is 0 Å². The number of rotatable bonds is 9. The lowest BCUT2D eigenvalue weighted by Crippen LogP contribution is -2.39. The fourth-order valence-electron chi connectivity index (χ4n) is 2.93. The molecule has 0 atom stereocenters. The summed E-state index contributed by atoms with van der Waals surface area (Å²) in [6, 6.07) is 10.4. The molecule has 0 bridgehead atoms. The third kappa shape index (κ3) is 7.97. The Morgan fingerprint density at radius 3 is 2.42 bits per heavy atom. The third-order valence-corrected chi connectivity index (χ3v) is 4.41. The third-order valence-electron chi connectivity index (χ3n) is 4.41. The highest BCUT2D eigenvalue weighted by molar-refractivity contribution is 6.00. The van der Waals surface area contributed by atoms with Crippen molar-refractivity contribution in [1.29, 1.82) is 0 Å². The zero-order chi connectivity index (χ0) is 26.1. The highest BCUT2D eigenvalue weighted by Crippen LogP contribution is 2.33. The number of amides is 3. The lowest BCUT2D eigenvalue weighted by molar-refractivity contribution is -0.752. The lowest BCUT2D eigenvalue weighted by Gasteiger charge is -2.14. The van der Waals surface area contributed by atoms with E-state index in [1.807, 2.05) is 0 Å². The number of nitrogens with zero attached hydrogens (tertiary/aromatic N) is 2. The van der Waals surface area contributed by atoms with E-state index in [2.05, 4.69) is 27.8 Å². The van der Waals surface area contributed by atoms with Crippen molar-refractivity contribution in [3.8, 4) is 0 Å². The highest BCUT2D eigenvalue weighted by Gasteiger charge is 2.31. The maximum atomic E-state index is 13.4. The molecule has 10 nitrogen and oxygen atoms in total. The van der Waals surface area contributed by atoms with Crippen molar-refractivity contribution in [3.63, 3.8) is 0 Å². The van der Waals surface area contributed by atoms with E-state index >= 15 is 0 Å². The van der Waals surface area contributed by atoms with Gasteiger partial charge in [0, 0.05) is 11.4 Å². The summed E-state index contributed by atoms with van der Waals surface area (Å²) < 4.78 is 50.9. The molecule has 0 radical (unpaired) electrons. The number of carbonyl (C=O) groups excluding carboxylic acids is 3. The number of carbonyl (C=O) groups is 3. The van der Waals surface area contributed by atoms with Crippen molar-refractivity contribution < 1.29 is 41.5 Å². The standard InChI is InChI=1S/C23H20F3N5O5/c1-2-8-35-21(33)14-31-13-20(36-30-31)29-22(34)28-18-11-16(23(24,25)26)10-17(12-18)27-19(32)9-15-6-4-3-5-7-15/h2-7,10-13H,1,8-9,14H2,(H2-,27,28,29,30,32,34)/p+1. The van der Waals surface area contributed by atoms with Gasteiger partial charge in [0.2, 0.25) is 11.2 Å². The Bertz CT molecular complexity index is 1240. The number of aromatic nitrogens is 2. The highest BCUT2D eigenvalue weighted by atomic mass is 19.4. The van der Waals surface area contributed by atoms with Gasteiger partial charge in [-0.25, -0.2) is 9.59 Å². The van der Waals surface area contributed by atoms with E-state index in [9.17, 15) is 27.6 Å². The number of anilines is 3. The Morgan fingerprint density at radius 1 is 1.06 bits per heavy atom. The predicted molar refractivity (Wildman–Crippen MR) is 121 cm³/mol. The average molecular weight is 504 g/mol. The van der Waals surface area contributed by atoms with Crippen LogP contribution in [0.4, 0.5) is 35.2 Å². The average Bonchev–Trinajstić information content (AvgIpc) is 3.23. The number of ether oxygens (including phenoxy) is 1. The van der Waals surface area contributed by atoms with Gasteiger partial charge in [0.15, 0.2) is 0 Å². The largest absolute Gasteiger partial charge is 0.457 e. The predicted octanol–water partition coefficient (Wildman–Crippen LogP) is 3.54. The van der Waals surface area contributed by atoms with Crippen molar-refractivity contribution in [3.05, 3.63) is 78.5 Å². The zero-order valence-corrected chi connectivity index (χ0v) is 18.7. The molecule has 0 aliphatic rings. The molecular formula is C23H21F3N5O5+. The summed E-state index contributed by atoms with van der Waals surface area (Å²) in [5, 5.41) is 10.4. The molecule has 0 saturated heterocycles. The van der Waals surface area contributed by atoms with Crippen molar-refractivity contribution in [1.82, 2.24) is 5.27 Å². The molecule has 188 valence electrons. The van der Waals surface area contributed by atoms with E-state index in [0.717, 1.165) is 10.7 Å². The van der Waals surface area contributed by atoms with E-state index in [1.54, 1.807) is 30.3 Å². The van der Waals surface area contributed by atoms with Crippen LogP contribution in [0.5, 0.6) is 0 Å². The minimum absolute atomic E-state index is 0.0104. The van der Waals surface area contributed by atoms with Gasteiger partial charge in [-0.1, -0.05) is 43.0 Å². The normalized spacial score (nSPS) is 10.9. The lowest BCUT2D eigenvalue weighted by atomic mass is 10.1. The molecule has 0 fully saturated rings. The second-order valence-corrected chi connectivity index (χ2v) is 7.32. The Balaban J connectivity index is 1.67. The maximum Gasteiger partial charge on any atom is 0.416 e. The molecular weight excluding hydrogens is 483 g/mol. The molecule has 13 heteroatoms. The number of halogens is 3. The van der Waals surface area contributed by atoms with Crippen LogP contribution in [0.1, 0.15) is 11.1 Å². The van der Waals surface area contributed by atoms with E-state index in [4.69, 9.17) is 9.26 Å². The van der Waals surface area contributed by atoms with E-state index in [-0.39, 0.29) is 36.8 Å². The number of alkyl halides is 3. The summed E-state index contributed by atoms with van der Waals surface area (Å²) >= 11 is 0. The second-order valence-electron chi connectivity index (χ2n) is 7.32. The molecule has 0 aliphatic heterocycles. The van der Waals surface area contributed by atoms with Crippen LogP contribution in [0.15, 0.2) is 71.9 Å². The molecule has 0 unspecified atom stereocenters. The second kappa shape index (κ2) is 11.6. The Kier molecular flexibility index (Phi) is 8.39. The number of hydrogen-bond acceptors (Lipinski definition) is 6. The van der Waals surface area contributed by atoms with Gasteiger partial charge in [-0.15, -0.1) is 0 Å². The van der Waals surface area contributed by atoms with Crippen molar-refractivity contribution >= 4 is 35.2 Å². The van der Waals surface area contributed by atoms with Crippen LogP contribution in [0.3, 0.4) is 0 Å². The molecule has 36 heavy (non-hydrogen) atoms. The molecule has 1 heterocycles. The van der Waals surface area contributed by atoms with Gasteiger partial charge in [-0.05, 0) is 28.4 Å². The van der Waals surface area contributed by atoms with Gasteiger partial charge in [0.25, 0.3) is 12.7 Å². The Labute approximate surface area is 202 Å². The fourth-order valence-corrected chi connectivity index (χ4v) is 2.93. The first-order valence-electron chi connectivity index (χ1n) is 10.4. The monoisotopic (exact) mass is 504 g/mol. The van der Waals surface area contributed by atoms with Crippen LogP contribution >= 0.6 is 0 Å². The topological polar surface area (TPSA) is 126 Å². The molecule has 3 aromatic rings. The first kappa shape index (κ1) is 25.9. The maximum absolute atomic E-state index is 13.4. The van der Waals surface area contributed by atoms with Crippen molar-refractivity contribution in [2.45, 2.75) is 19.1 Å². The van der Waals surface area contributed by atoms with Gasteiger partial charge in [0.05, 0.1) is 12.0 Å². The molecule has 3 rings (SSSR count). The first-order chi connectivity index (χ1) is 17.1. The number of urea groups is 1. The number of esters is 1. The van der Waals surface area contributed by atoms with Gasteiger partial charge in [-0.2, -0.15) is 13.2 Å². The van der Waals surface area contributed by atoms with E-state index in [0.29, 0.717) is 11.6 Å². The molecule has 2 aromatic carbocycles. The van der Waals surface area contributed by atoms with Gasteiger partial charge in [0.1, 0.15) is 6.61 Å². The zero-order valence-electron chi connectivity index (χ0n) is 18.7. The van der Waals surface area contributed by atoms with Crippen molar-refractivity contribution in [2.24, 2.45) is 0 Å². The van der Waals surface area contributed by atoms with Crippen molar-refractivity contribution in [2.75, 3.05) is 22.6 Å². The van der Waals surface area contributed by atoms with Crippen LogP contribution in [0, 0.1) is 0 Å². The molecule has 0 saturated carbocycles. The van der Waals surface area contributed by atoms with Gasteiger partial charge >= 0.3 is 24.1 Å². The molecule has 0 spiro atoms. The molecule has 0 aliphatic carbocycles. The molecule has 1 aromatic heterocycles. The van der Waals surface area contributed by atoms with Crippen LogP contribution in [-0.4, -0.2) is 29.8 Å². The summed E-state index contributed by atoms with van der Waals surface area (Å²) in [6.45, 7) is 3.12. The summed E-state index contributed by atoms with van der Waals surface area (Å²) in [7, 11) is 0. The Morgan fingerprint density at radius 2 is 1.75 bits per heavy atom. The number of benzene rings is 2. The summed E-state index contributed by atoms with van der Waals surface area (Å²) in [5.41, 5.74) is -0.793. The van der Waals surface area contributed by atoms with Crippen LogP contribution < -0.4 is 20.6 Å². The van der Waals surface area contributed by atoms with Crippen LogP contribution in [0.25, 0.3) is 0 Å². The molecule has 3 N–H and O–H groups in total. The molecule has 3 amide bonds. The first-order valence-corrected chi connectivity index (χ1v) is 10.4. The SMILES string of the molecule is C=CCOC(=O)C[n+]1cc(NC(=O)Nc2cc(NC(=O)Cc3ccccc3)cc(C(F)(F)F)c2)on1. The van der Waals surface area contributed by atoms with E-state index < -0.39 is 29.6 Å². The van der Waals surface area contributed by atoms with Gasteiger partial charge in [-0.3, -0.25) is 14.6 Å². The smallest absolute Gasteiger partial charge is 0.416 e. The summed E-state index contributed by atoms with van der Waals surface area (Å²) in [5.74, 6) is -1.35.